The highest BCUT2D eigenvalue weighted by atomic mass is 16.5. The number of amides is 2. The Hall–Kier alpha value is -1.91. The molecule has 1 saturated carbocycles. The Kier molecular flexibility index (Phi) is 5.74. The molecule has 23 heavy (non-hydrogen) atoms. The Morgan fingerprint density at radius 2 is 1.83 bits per heavy atom. The van der Waals surface area contributed by atoms with Crippen LogP contribution in [0.2, 0.25) is 0 Å². The fourth-order valence-electron chi connectivity index (χ4n) is 2.55. The quantitative estimate of drug-likeness (QED) is 0.806. The SMILES string of the molecule is COc1cc(C(C)NC(=O)NC(C)C2CC2)ccc1OC(C)C. The maximum atomic E-state index is 12.1. The Labute approximate surface area is 138 Å². The third-order valence-corrected chi connectivity index (χ3v) is 4.09. The standard InChI is InChI=1S/C18H28N2O3/c1-11(2)23-16-9-8-15(10-17(16)22-5)13(4)20-18(21)19-12(3)14-6-7-14/h8-14H,6-7H2,1-5H3,(H2,19,20,21). The van der Waals surface area contributed by atoms with E-state index in [2.05, 4.69) is 17.6 Å². The Balaban J connectivity index is 1.97. The molecule has 0 aromatic heterocycles. The van der Waals surface area contributed by atoms with Gasteiger partial charge in [0.2, 0.25) is 0 Å². The summed E-state index contributed by atoms with van der Waals surface area (Å²) in [5, 5.41) is 5.98. The number of benzene rings is 1. The summed E-state index contributed by atoms with van der Waals surface area (Å²) in [6.07, 6.45) is 2.51. The number of rotatable bonds is 7. The lowest BCUT2D eigenvalue weighted by Gasteiger charge is -2.20. The van der Waals surface area contributed by atoms with Crippen LogP contribution >= 0.6 is 0 Å². The predicted molar refractivity (Wildman–Crippen MR) is 91.0 cm³/mol. The zero-order chi connectivity index (χ0) is 17.0. The molecule has 5 heteroatoms. The summed E-state index contributed by atoms with van der Waals surface area (Å²) in [4.78, 5) is 12.1. The summed E-state index contributed by atoms with van der Waals surface area (Å²) in [7, 11) is 1.62. The maximum absolute atomic E-state index is 12.1. The van der Waals surface area contributed by atoms with Gasteiger partial charge in [0.15, 0.2) is 11.5 Å². The molecular formula is C18H28N2O3. The smallest absolute Gasteiger partial charge is 0.315 e. The number of urea groups is 1. The van der Waals surface area contributed by atoms with E-state index in [0.717, 1.165) is 5.56 Å². The van der Waals surface area contributed by atoms with E-state index in [1.165, 1.54) is 12.8 Å². The third kappa shape index (κ3) is 5.05. The zero-order valence-electron chi connectivity index (χ0n) is 14.7. The fraction of sp³-hybridized carbons (Fsp3) is 0.611. The number of ether oxygens (including phenoxy) is 2. The minimum atomic E-state index is -0.127. The van der Waals surface area contributed by atoms with E-state index in [9.17, 15) is 4.79 Å². The van der Waals surface area contributed by atoms with Crippen molar-refractivity contribution in [2.45, 2.75) is 58.7 Å². The van der Waals surface area contributed by atoms with Gasteiger partial charge in [0.05, 0.1) is 19.3 Å². The Morgan fingerprint density at radius 1 is 1.13 bits per heavy atom. The molecule has 2 unspecified atom stereocenters. The molecule has 2 N–H and O–H groups in total. The monoisotopic (exact) mass is 320 g/mol. The van der Waals surface area contributed by atoms with Crippen molar-refractivity contribution in [3.05, 3.63) is 23.8 Å². The molecule has 128 valence electrons. The van der Waals surface area contributed by atoms with Gasteiger partial charge in [-0.3, -0.25) is 0 Å². The molecule has 2 amide bonds. The van der Waals surface area contributed by atoms with Gasteiger partial charge in [-0.25, -0.2) is 4.79 Å². The van der Waals surface area contributed by atoms with Crippen LogP contribution in [-0.2, 0) is 0 Å². The zero-order valence-corrected chi connectivity index (χ0v) is 14.7. The summed E-state index contributed by atoms with van der Waals surface area (Å²) < 4.78 is 11.1. The van der Waals surface area contributed by atoms with E-state index in [1.54, 1.807) is 7.11 Å². The summed E-state index contributed by atoms with van der Waals surface area (Å²) in [6, 6.07) is 5.75. The van der Waals surface area contributed by atoms with Crippen LogP contribution in [-0.4, -0.2) is 25.3 Å². The van der Waals surface area contributed by atoms with Crippen LogP contribution < -0.4 is 20.1 Å². The second kappa shape index (κ2) is 7.57. The van der Waals surface area contributed by atoms with Gasteiger partial charge in [0.1, 0.15) is 0 Å². The van der Waals surface area contributed by atoms with Crippen LogP contribution in [0.5, 0.6) is 11.5 Å². The molecule has 0 aliphatic heterocycles. The lowest BCUT2D eigenvalue weighted by molar-refractivity contribution is 0.229. The second-order valence-electron chi connectivity index (χ2n) is 6.54. The first-order valence-electron chi connectivity index (χ1n) is 8.32. The molecule has 2 atom stereocenters. The van der Waals surface area contributed by atoms with Crippen molar-refractivity contribution in [1.29, 1.82) is 0 Å². The first kappa shape index (κ1) is 17.4. The number of methoxy groups -OCH3 is 1. The molecule has 0 radical (unpaired) electrons. The highest BCUT2D eigenvalue weighted by Crippen LogP contribution is 2.32. The van der Waals surface area contributed by atoms with Gasteiger partial charge >= 0.3 is 6.03 Å². The average Bonchev–Trinajstić information content (AvgIpc) is 3.31. The van der Waals surface area contributed by atoms with Crippen molar-refractivity contribution in [3.8, 4) is 11.5 Å². The van der Waals surface area contributed by atoms with Crippen LogP contribution in [0, 0.1) is 5.92 Å². The molecule has 1 fully saturated rings. The van der Waals surface area contributed by atoms with Crippen molar-refractivity contribution in [3.63, 3.8) is 0 Å². The van der Waals surface area contributed by atoms with Crippen LogP contribution in [0.1, 0.15) is 52.1 Å². The van der Waals surface area contributed by atoms with E-state index >= 15 is 0 Å². The van der Waals surface area contributed by atoms with Crippen LogP contribution in [0.4, 0.5) is 4.79 Å². The number of nitrogens with one attached hydrogen (secondary N) is 2. The van der Waals surface area contributed by atoms with E-state index in [-0.39, 0.29) is 24.2 Å². The molecule has 1 aromatic carbocycles. The van der Waals surface area contributed by atoms with Gasteiger partial charge in [-0.05, 0) is 64.2 Å². The van der Waals surface area contributed by atoms with Crippen LogP contribution in [0.15, 0.2) is 18.2 Å². The predicted octanol–water partition coefficient (Wildman–Crippen LogP) is 3.64. The topological polar surface area (TPSA) is 59.6 Å². The van der Waals surface area contributed by atoms with Crippen molar-refractivity contribution >= 4 is 6.03 Å². The molecule has 0 bridgehead atoms. The minimum Gasteiger partial charge on any atom is -0.493 e. The lowest BCUT2D eigenvalue weighted by atomic mass is 10.1. The molecule has 0 spiro atoms. The summed E-state index contributed by atoms with van der Waals surface area (Å²) >= 11 is 0. The Morgan fingerprint density at radius 3 is 2.39 bits per heavy atom. The maximum Gasteiger partial charge on any atom is 0.315 e. The molecule has 1 aromatic rings. The summed E-state index contributed by atoms with van der Waals surface area (Å²) in [5.41, 5.74) is 0.979. The highest BCUT2D eigenvalue weighted by Gasteiger charge is 2.29. The van der Waals surface area contributed by atoms with Crippen LogP contribution in [0.3, 0.4) is 0 Å². The van der Waals surface area contributed by atoms with Gasteiger partial charge in [-0.2, -0.15) is 0 Å². The first-order valence-corrected chi connectivity index (χ1v) is 8.32. The lowest BCUT2D eigenvalue weighted by Crippen LogP contribution is -2.42. The largest absolute Gasteiger partial charge is 0.493 e. The minimum absolute atomic E-state index is 0.0833. The first-order chi connectivity index (χ1) is 10.9. The molecular weight excluding hydrogens is 292 g/mol. The molecule has 0 saturated heterocycles. The summed E-state index contributed by atoms with van der Waals surface area (Å²) in [5.74, 6) is 2.03. The molecule has 1 aliphatic rings. The van der Waals surface area contributed by atoms with E-state index in [1.807, 2.05) is 39.0 Å². The number of carbonyl (C=O) groups excluding carboxylic acids is 1. The van der Waals surface area contributed by atoms with E-state index in [0.29, 0.717) is 17.4 Å². The molecule has 1 aliphatic carbocycles. The summed E-state index contributed by atoms with van der Waals surface area (Å²) in [6.45, 7) is 7.97. The number of hydrogen-bond donors (Lipinski definition) is 2. The van der Waals surface area contributed by atoms with Gasteiger partial charge in [0.25, 0.3) is 0 Å². The number of carbonyl (C=O) groups is 1. The van der Waals surface area contributed by atoms with Gasteiger partial charge in [0, 0.05) is 6.04 Å². The normalized spacial score (nSPS) is 16.6. The van der Waals surface area contributed by atoms with Gasteiger partial charge in [-0.15, -0.1) is 0 Å². The average molecular weight is 320 g/mol. The van der Waals surface area contributed by atoms with E-state index < -0.39 is 0 Å². The molecule has 5 nitrogen and oxygen atoms in total. The molecule has 0 heterocycles. The van der Waals surface area contributed by atoms with Crippen LogP contribution in [0.25, 0.3) is 0 Å². The van der Waals surface area contributed by atoms with Crippen molar-refractivity contribution in [2.75, 3.05) is 7.11 Å². The number of hydrogen-bond acceptors (Lipinski definition) is 3. The Bertz CT molecular complexity index is 541. The van der Waals surface area contributed by atoms with Crippen molar-refractivity contribution < 1.29 is 14.3 Å². The fourth-order valence-corrected chi connectivity index (χ4v) is 2.55. The van der Waals surface area contributed by atoms with E-state index in [4.69, 9.17) is 9.47 Å². The van der Waals surface area contributed by atoms with Gasteiger partial charge in [-0.1, -0.05) is 6.07 Å². The van der Waals surface area contributed by atoms with Crippen molar-refractivity contribution in [1.82, 2.24) is 10.6 Å². The second-order valence-corrected chi connectivity index (χ2v) is 6.54. The third-order valence-electron chi connectivity index (χ3n) is 4.09. The highest BCUT2D eigenvalue weighted by molar-refractivity contribution is 5.74. The molecule has 2 rings (SSSR count). The van der Waals surface area contributed by atoms with Crippen molar-refractivity contribution in [2.24, 2.45) is 5.92 Å². The van der Waals surface area contributed by atoms with Gasteiger partial charge < -0.3 is 20.1 Å².